The smallest absolute Gasteiger partial charge is 0.260 e. The Bertz CT molecular complexity index is 899. The van der Waals surface area contributed by atoms with Crippen LogP contribution in [0.15, 0.2) is 34.2 Å². The highest BCUT2D eigenvalue weighted by Gasteiger charge is 2.11. The third-order valence-electron chi connectivity index (χ3n) is 3.60. The van der Waals surface area contributed by atoms with Crippen LogP contribution in [0.25, 0.3) is 10.2 Å². The summed E-state index contributed by atoms with van der Waals surface area (Å²) in [7, 11) is 0. The number of aromatic amines is 1. The fourth-order valence-corrected chi connectivity index (χ4v) is 4.07. The van der Waals surface area contributed by atoms with E-state index < -0.39 is 0 Å². The lowest BCUT2D eigenvalue weighted by atomic mass is 10.2. The molecule has 3 aromatic rings. The highest BCUT2D eigenvalue weighted by molar-refractivity contribution is 7.99. The van der Waals surface area contributed by atoms with Gasteiger partial charge in [-0.2, -0.15) is 0 Å². The summed E-state index contributed by atoms with van der Waals surface area (Å²) in [5.41, 5.74) is 2.15. The van der Waals surface area contributed by atoms with Crippen molar-refractivity contribution in [1.29, 1.82) is 0 Å². The summed E-state index contributed by atoms with van der Waals surface area (Å²) in [6, 6.07) is 7.97. The minimum absolute atomic E-state index is 0.0565. The Balaban J connectivity index is 1.64. The number of ether oxygens (including phenoxy) is 1. The molecular weight excluding hydrogens is 328 g/mol. The molecule has 0 atom stereocenters. The van der Waals surface area contributed by atoms with Crippen molar-refractivity contribution in [3.05, 3.63) is 50.6 Å². The molecule has 0 unspecified atom stereocenters. The van der Waals surface area contributed by atoms with E-state index in [4.69, 9.17) is 4.74 Å². The zero-order chi connectivity index (χ0) is 16.4. The van der Waals surface area contributed by atoms with E-state index in [9.17, 15) is 4.79 Å². The summed E-state index contributed by atoms with van der Waals surface area (Å²) < 4.78 is 5.71. The van der Waals surface area contributed by atoms with Crippen molar-refractivity contribution in [3.8, 4) is 5.75 Å². The number of aromatic nitrogens is 2. The first-order valence-electron chi connectivity index (χ1n) is 7.37. The zero-order valence-electron chi connectivity index (χ0n) is 13.3. The van der Waals surface area contributed by atoms with Gasteiger partial charge in [-0.25, -0.2) is 4.98 Å². The number of hydrogen-bond donors (Lipinski definition) is 1. The third-order valence-corrected chi connectivity index (χ3v) is 5.54. The van der Waals surface area contributed by atoms with Crippen LogP contribution in [-0.4, -0.2) is 22.3 Å². The molecule has 0 spiro atoms. The van der Waals surface area contributed by atoms with Gasteiger partial charge < -0.3 is 9.72 Å². The van der Waals surface area contributed by atoms with Crippen molar-refractivity contribution >= 4 is 33.3 Å². The molecule has 1 N–H and O–H groups in total. The molecule has 6 heteroatoms. The number of aryl methyl sites for hydroxylation is 3. The van der Waals surface area contributed by atoms with E-state index in [2.05, 4.69) is 9.97 Å². The summed E-state index contributed by atoms with van der Waals surface area (Å²) in [6.07, 6.45) is 0. The van der Waals surface area contributed by atoms with Crippen molar-refractivity contribution in [1.82, 2.24) is 9.97 Å². The first-order valence-corrected chi connectivity index (χ1v) is 9.17. The molecule has 0 aliphatic rings. The molecule has 0 aliphatic carbocycles. The standard InChI is InChI=1S/C17H18N2O2S2/c1-10-5-4-6-13(9-10)21-7-8-22-17-18-15(20)14-11(2)12(3)23-16(14)19-17/h4-6,9H,7-8H2,1-3H3,(H,18,19,20). The third kappa shape index (κ3) is 3.59. The van der Waals surface area contributed by atoms with Gasteiger partial charge in [-0.1, -0.05) is 23.9 Å². The van der Waals surface area contributed by atoms with Gasteiger partial charge in [0.2, 0.25) is 0 Å². The van der Waals surface area contributed by atoms with Crippen molar-refractivity contribution in [2.45, 2.75) is 25.9 Å². The van der Waals surface area contributed by atoms with E-state index in [-0.39, 0.29) is 5.56 Å². The number of thioether (sulfide) groups is 1. The van der Waals surface area contributed by atoms with Crippen molar-refractivity contribution < 1.29 is 4.74 Å². The van der Waals surface area contributed by atoms with Gasteiger partial charge in [0.25, 0.3) is 5.56 Å². The molecule has 0 saturated carbocycles. The lowest BCUT2D eigenvalue weighted by Gasteiger charge is -2.06. The highest BCUT2D eigenvalue weighted by Crippen LogP contribution is 2.27. The number of nitrogens with zero attached hydrogens (tertiary/aromatic N) is 1. The normalized spacial score (nSPS) is 11.1. The quantitative estimate of drug-likeness (QED) is 0.430. The summed E-state index contributed by atoms with van der Waals surface area (Å²) in [6.45, 7) is 6.59. The Morgan fingerprint density at radius 3 is 2.91 bits per heavy atom. The molecule has 0 saturated heterocycles. The van der Waals surface area contributed by atoms with Crippen LogP contribution >= 0.6 is 23.1 Å². The minimum Gasteiger partial charge on any atom is -0.493 e. The number of nitrogens with one attached hydrogen (secondary N) is 1. The molecular formula is C17H18N2O2S2. The largest absolute Gasteiger partial charge is 0.493 e. The molecule has 23 heavy (non-hydrogen) atoms. The van der Waals surface area contributed by atoms with Crippen LogP contribution in [0.1, 0.15) is 16.0 Å². The molecule has 0 fully saturated rings. The Hall–Kier alpha value is -1.79. The minimum atomic E-state index is -0.0565. The average Bonchev–Trinajstić information content (AvgIpc) is 2.79. The first kappa shape index (κ1) is 16.1. The number of H-pyrrole nitrogens is 1. The fourth-order valence-electron chi connectivity index (χ4n) is 2.31. The Morgan fingerprint density at radius 2 is 2.13 bits per heavy atom. The second kappa shape index (κ2) is 6.76. The molecule has 120 valence electrons. The fraction of sp³-hybridized carbons (Fsp3) is 0.294. The van der Waals surface area contributed by atoms with E-state index in [1.54, 1.807) is 11.3 Å². The van der Waals surface area contributed by atoms with E-state index in [1.807, 2.05) is 45.0 Å². The van der Waals surface area contributed by atoms with Gasteiger partial charge in [-0.05, 0) is 44.0 Å². The summed E-state index contributed by atoms with van der Waals surface area (Å²) in [4.78, 5) is 21.6. The number of rotatable bonds is 5. The molecule has 3 rings (SSSR count). The molecule has 1 aromatic carbocycles. The molecule has 0 aliphatic heterocycles. The predicted molar refractivity (Wildman–Crippen MR) is 97.1 cm³/mol. The van der Waals surface area contributed by atoms with E-state index in [0.717, 1.165) is 26.8 Å². The number of thiophene rings is 1. The first-order chi connectivity index (χ1) is 11.0. The van der Waals surface area contributed by atoms with Crippen molar-refractivity contribution in [3.63, 3.8) is 0 Å². The van der Waals surface area contributed by atoms with E-state index in [0.29, 0.717) is 17.1 Å². The van der Waals surface area contributed by atoms with Crippen LogP contribution in [0.5, 0.6) is 5.75 Å². The molecule has 2 aromatic heterocycles. The topological polar surface area (TPSA) is 55.0 Å². The summed E-state index contributed by atoms with van der Waals surface area (Å²) >= 11 is 3.07. The van der Waals surface area contributed by atoms with Gasteiger partial charge in [0.05, 0.1) is 12.0 Å². The van der Waals surface area contributed by atoms with Gasteiger partial charge in [-0.3, -0.25) is 4.79 Å². The van der Waals surface area contributed by atoms with Crippen LogP contribution in [-0.2, 0) is 0 Å². The SMILES string of the molecule is Cc1cccc(OCCSc2nc3sc(C)c(C)c3c(=O)[nH]2)c1. The Kier molecular flexibility index (Phi) is 4.73. The molecule has 0 bridgehead atoms. The number of benzene rings is 1. The van der Waals surface area contributed by atoms with Gasteiger partial charge in [0, 0.05) is 10.6 Å². The second-order valence-electron chi connectivity index (χ2n) is 5.35. The lowest BCUT2D eigenvalue weighted by molar-refractivity contribution is 0.343. The molecule has 2 heterocycles. The van der Waals surface area contributed by atoms with Crippen LogP contribution < -0.4 is 10.3 Å². The van der Waals surface area contributed by atoms with Crippen molar-refractivity contribution in [2.75, 3.05) is 12.4 Å². The van der Waals surface area contributed by atoms with Gasteiger partial charge in [-0.15, -0.1) is 11.3 Å². The van der Waals surface area contributed by atoms with Gasteiger partial charge in [0.15, 0.2) is 5.16 Å². The molecule has 4 nitrogen and oxygen atoms in total. The molecule has 0 amide bonds. The number of fused-ring (bicyclic) bond motifs is 1. The van der Waals surface area contributed by atoms with Crippen LogP contribution in [0.4, 0.5) is 0 Å². The maximum absolute atomic E-state index is 12.2. The van der Waals surface area contributed by atoms with Crippen LogP contribution in [0.2, 0.25) is 0 Å². The van der Waals surface area contributed by atoms with E-state index in [1.165, 1.54) is 17.3 Å². The van der Waals surface area contributed by atoms with Crippen LogP contribution in [0, 0.1) is 20.8 Å². The van der Waals surface area contributed by atoms with Crippen LogP contribution in [0.3, 0.4) is 0 Å². The Morgan fingerprint density at radius 1 is 1.30 bits per heavy atom. The molecule has 0 radical (unpaired) electrons. The predicted octanol–water partition coefficient (Wildman–Crippen LogP) is 4.08. The summed E-state index contributed by atoms with van der Waals surface area (Å²) in [5.74, 6) is 1.60. The second-order valence-corrected chi connectivity index (χ2v) is 7.63. The van der Waals surface area contributed by atoms with Gasteiger partial charge in [0.1, 0.15) is 10.6 Å². The maximum Gasteiger partial charge on any atom is 0.260 e. The van der Waals surface area contributed by atoms with E-state index >= 15 is 0 Å². The highest BCUT2D eigenvalue weighted by atomic mass is 32.2. The summed E-state index contributed by atoms with van der Waals surface area (Å²) in [5, 5.41) is 1.37. The monoisotopic (exact) mass is 346 g/mol. The average molecular weight is 346 g/mol. The van der Waals surface area contributed by atoms with Gasteiger partial charge >= 0.3 is 0 Å². The lowest BCUT2D eigenvalue weighted by Crippen LogP contribution is -2.09. The zero-order valence-corrected chi connectivity index (χ0v) is 14.9. The van der Waals surface area contributed by atoms with Crippen molar-refractivity contribution in [2.24, 2.45) is 0 Å². The Labute approximate surface area is 142 Å². The maximum atomic E-state index is 12.2. The number of hydrogen-bond acceptors (Lipinski definition) is 5.